The molecule has 136 valence electrons. The quantitative estimate of drug-likeness (QED) is 0.858. The second kappa shape index (κ2) is 7.51. The Labute approximate surface area is 143 Å². The van der Waals surface area contributed by atoms with E-state index in [-0.39, 0.29) is 11.6 Å². The van der Waals surface area contributed by atoms with Gasteiger partial charge in [0.1, 0.15) is 5.60 Å². The minimum Gasteiger partial charge on any atom is -0.444 e. The number of carbonyl (C=O) groups is 1. The van der Waals surface area contributed by atoms with Crippen LogP contribution in [0.15, 0.2) is 4.52 Å². The minimum absolute atomic E-state index is 0.177. The van der Waals surface area contributed by atoms with Gasteiger partial charge in [0.15, 0.2) is 5.82 Å². The molecule has 2 rings (SSSR count). The van der Waals surface area contributed by atoms with Gasteiger partial charge in [-0.2, -0.15) is 4.98 Å². The lowest BCUT2D eigenvalue weighted by Gasteiger charge is -2.43. The van der Waals surface area contributed by atoms with Crippen molar-refractivity contribution in [1.29, 1.82) is 0 Å². The third-order valence-electron chi connectivity index (χ3n) is 4.57. The Balaban J connectivity index is 1.99. The van der Waals surface area contributed by atoms with Crippen LogP contribution in [-0.4, -0.2) is 33.9 Å². The van der Waals surface area contributed by atoms with Crippen molar-refractivity contribution in [3.63, 3.8) is 0 Å². The highest BCUT2D eigenvalue weighted by molar-refractivity contribution is 5.67. The summed E-state index contributed by atoms with van der Waals surface area (Å²) in [5, 5.41) is 10.5. The zero-order valence-electron chi connectivity index (χ0n) is 15.4. The number of alkyl carbamates (subject to hydrolysis) is 1. The monoisotopic (exact) mass is 338 g/mol. The molecule has 1 aromatic rings. The van der Waals surface area contributed by atoms with Crippen LogP contribution in [0.25, 0.3) is 0 Å². The molecule has 1 fully saturated rings. The van der Waals surface area contributed by atoms with E-state index in [0.717, 1.165) is 19.3 Å². The first-order valence-electron chi connectivity index (χ1n) is 8.71. The summed E-state index contributed by atoms with van der Waals surface area (Å²) in [5.74, 6) is 1.64. The molecule has 0 bridgehead atoms. The van der Waals surface area contributed by atoms with Crippen molar-refractivity contribution in [2.75, 3.05) is 6.54 Å². The first kappa shape index (κ1) is 18.7. The third-order valence-corrected chi connectivity index (χ3v) is 4.57. The maximum Gasteiger partial charge on any atom is 0.407 e. The summed E-state index contributed by atoms with van der Waals surface area (Å²) >= 11 is 0. The molecule has 1 saturated carbocycles. The molecule has 1 aliphatic carbocycles. The molecular weight excluding hydrogens is 308 g/mol. The van der Waals surface area contributed by atoms with Crippen molar-refractivity contribution < 1.29 is 14.1 Å². The van der Waals surface area contributed by atoms with E-state index < -0.39 is 5.60 Å². The van der Waals surface area contributed by atoms with Gasteiger partial charge in [-0.05, 0) is 39.5 Å². The van der Waals surface area contributed by atoms with Crippen LogP contribution < -0.4 is 10.6 Å². The van der Waals surface area contributed by atoms with Gasteiger partial charge in [0.2, 0.25) is 5.89 Å². The van der Waals surface area contributed by atoms with Gasteiger partial charge in [-0.15, -0.1) is 0 Å². The third kappa shape index (κ3) is 5.19. The van der Waals surface area contributed by atoms with E-state index >= 15 is 0 Å². The highest BCUT2D eigenvalue weighted by atomic mass is 16.6. The highest BCUT2D eigenvalue weighted by Gasteiger charge is 2.38. The summed E-state index contributed by atoms with van der Waals surface area (Å²) in [6, 6.07) is 0. The van der Waals surface area contributed by atoms with Crippen molar-refractivity contribution in [3.8, 4) is 0 Å². The van der Waals surface area contributed by atoms with Gasteiger partial charge in [-0.25, -0.2) is 4.79 Å². The summed E-state index contributed by atoms with van der Waals surface area (Å²) < 4.78 is 10.4. The standard InChI is InChI=1S/C17H30N4O3/c1-12-8-6-7-9-17(12,11-18-15(22)23-16(3,4)5)19-10-14-20-13(2)24-21-14/h12,19H,6-11H2,1-5H3,(H,18,22)/t12-,17+/m1/s1. The van der Waals surface area contributed by atoms with Gasteiger partial charge < -0.3 is 19.9 Å². The number of nitrogens with one attached hydrogen (secondary N) is 2. The Hall–Kier alpha value is -1.63. The number of hydrogen-bond acceptors (Lipinski definition) is 6. The zero-order chi connectivity index (χ0) is 17.8. The molecule has 0 unspecified atom stereocenters. The number of aryl methyl sites for hydroxylation is 1. The van der Waals surface area contributed by atoms with Gasteiger partial charge in [-0.3, -0.25) is 0 Å². The SMILES string of the molecule is Cc1nc(CN[C@]2(CNC(=O)OC(C)(C)C)CCCC[C@H]2C)no1. The lowest BCUT2D eigenvalue weighted by atomic mass is 9.73. The van der Waals surface area contributed by atoms with E-state index in [1.807, 2.05) is 20.8 Å². The molecule has 0 saturated heterocycles. The largest absolute Gasteiger partial charge is 0.444 e. The van der Waals surface area contributed by atoms with Crippen molar-refractivity contribution in [2.24, 2.45) is 5.92 Å². The summed E-state index contributed by atoms with van der Waals surface area (Å²) in [4.78, 5) is 16.3. The smallest absolute Gasteiger partial charge is 0.407 e. The molecule has 1 heterocycles. The first-order valence-corrected chi connectivity index (χ1v) is 8.71. The molecule has 1 aliphatic rings. The van der Waals surface area contributed by atoms with Gasteiger partial charge in [0.25, 0.3) is 0 Å². The van der Waals surface area contributed by atoms with Crippen molar-refractivity contribution in [1.82, 2.24) is 20.8 Å². The number of nitrogens with zero attached hydrogens (tertiary/aromatic N) is 2. The molecule has 2 atom stereocenters. The maximum atomic E-state index is 12.0. The van der Waals surface area contributed by atoms with Crippen LogP contribution in [0, 0.1) is 12.8 Å². The Bertz CT molecular complexity index is 552. The molecule has 7 heteroatoms. The number of ether oxygens (including phenoxy) is 1. The fraction of sp³-hybridized carbons (Fsp3) is 0.824. The molecule has 1 aromatic heterocycles. The molecular formula is C17H30N4O3. The normalized spacial score (nSPS) is 24.6. The predicted molar refractivity (Wildman–Crippen MR) is 90.5 cm³/mol. The molecule has 0 aromatic carbocycles. The lowest BCUT2D eigenvalue weighted by molar-refractivity contribution is 0.0479. The van der Waals surface area contributed by atoms with E-state index in [0.29, 0.717) is 30.7 Å². The van der Waals surface area contributed by atoms with Crippen LogP contribution in [0.4, 0.5) is 4.79 Å². The van der Waals surface area contributed by atoms with Gasteiger partial charge >= 0.3 is 6.09 Å². The molecule has 0 spiro atoms. The van der Waals surface area contributed by atoms with Crippen LogP contribution in [0.5, 0.6) is 0 Å². The molecule has 0 aliphatic heterocycles. The van der Waals surface area contributed by atoms with Crippen molar-refractivity contribution in [2.45, 2.75) is 78.0 Å². The molecule has 1 amide bonds. The van der Waals surface area contributed by atoms with Crippen LogP contribution in [0.2, 0.25) is 0 Å². The summed E-state index contributed by atoms with van der Waals surface area (Å²) in [7, 11) is 0. The fourth-order valence-electron chi connectivity index (χ4n) is 3.21. The minimum atomic E-state index is -0.495. The second-order valence-electron chi connectivity index (χ2n) is 7.74. The Morgan fingerprint density at radius 3 is 2.75 bits per heavy atom. The van der Waals surface area contributed by atoms with Crippen molar-refractivity contribution >= 4 is 6.09 Å². The van der Waals surface area contributed by atoms with Crippen LogP contribution in [0.1, 0.15) is 65.1 Å². The summed E-state index contributed by atoms with van der Waals surface area (Å²) in [6.07, 6.45) is 4.11. The van der Waals surface area contributed by atoms with E-state index in [4.69, 9.17) is 9.26 Å². The van der Waals surface area contributed by atoms with Crippen LogP contribution >= 0.6 is 0 Å². The average molecular weight is 338 g/mol. The number of aromatic nitrogens is 2. The predicted octanol–water partition coefficient (Wildman–Crippen LogP) is 2.94. The maximum absolute atomic E-state index is 12.0. The van der Waals surface area contributed by atoms with Gasteiger partial charge in [0, 0.05) is 19.0 Å². The van der Waals surface area contributed by atoms with Crippen LogP contribution in [-0.2, 0) is 11.3 Å². The lowest BCUT2D eigenvalue weighted by Crippen LogP contribution is -2.59. The van der Waals surface area contributed by atoms with E-state index in [1.165, 1.54) is 6.42 Å². The number of carbonyl (C=O) groups excluding carboxylic acids is 1. The van der Waals surface area contributed by atoms with Crippen LogP contribution in [0.3, 0.4) is 0 Å². The molecule has 24 heavy (non-hydrogen) atoms. The first-order chi connectivity index (χ1) is 11.2. The topological polar surface area (TPSA) is 89.3 Å². The molecule has 0 radical (unpaired) electrons. The Morgan fingerprint density at radius 1 is 1.42 bits per heavy atom. The fourth-order valence-corrected chi connectivity index (χ4v) is 3.21. The number of amides is 1. The van der Waals surface area contributed by atoms with E-state index in [9.17, 15) is 4.79 Å². The van der Waals surface area contributed by atoms with E-state index in [1.54, 1.807) is 6.92 Å². The van der Waals surface area contributed by atoms with Crippen molar-refractivity contribution in [3.05, 3.63) is 11.7 Å². The number of hydrogen-bond donors (Lipinski definition) is 2. The Kier molecular flexibility index (Phi) is 5.85. The second-order valence-corrected chi connectivity index (χ2v) is 7.74. The molecule has 7 nitrogen and oxygen atoms in total. The summed E-state index contributed by atoms with van der Waals surface area (Å²) in [6.45, 7) is 10.6. The summed E-state index contributed by atoms with van der Waals surface area (Å²) in [5.41, 5.74) is -0.672. The van der Waals surface area contributed by atoms with E-state index in [2.05, 4.69) is 27.7 Å². The highest BCUT2D eigenvalue weighted by Crippen LogP contribution is 2.33. The molecule has 2 N–H and O–H groups in total. The van der Waals surface area contributed by atoms with Gasteiger partial charge in [-0.1, -0.05) is 24.9 Å². The Morgan fingerprint density at radius 2 is 2.17 bits per heavy atom. The van der Waals surface area contributed by atoms with Gasteiger partial charge in [0.05, 0.1) is 6.54 Å². The zero-order valence-corrected chi connectivity index (χ0v) is 15.4. The number of rotatable bonds is 5. The average Bonchev–Trinajstić information content (AvgIpc) is 2.89.